The lowest BCUT2D eigenvalue weighted by Crippen LogP contribution is -2.30. The predicted octanol–water partition coefficient (Wildman–Crippen LogP) is 2.53. The third kappa shape index (κ3) is 2.14. The zero-order valence-electron chi connectivity index (χ0n) is 10.9. The van der Waals surface area contributed by atoms with E-state index in [1.165, 1.54) is 30.5 Å². The molecule has 0 amide bonds. The maximum atomic E-state index is 4.43. The summed E-state index contributed by atoms with van der Waals surface area (Å²) >= 11 is 0. The summed E-state index contributed by atoms with van der Waals surface area (Å²) in [5, 5.41) is 8.05. The van der Waals surface area contributed by atoms with Crippen molar-refractivity contribution in [3.63, 3.8) is 0 Å². The second kappa shape index (κ2) is 4.21. The maximum Gasteiger partial charge on any atom is 0.0587 e. The molecule has 3 heteroatoms. The van der Waals surface area contributed by atoms with Gasteiger partial charge in [-0.25, -0.2) is 0 Å². The molecule has 2 heterocycles. The molecule has 0 bridgehead atoms. The Kier molecular flexibility index (Phi) is 3.06. The Hall–Kier alpha value is -0.830. The Morgan fingerprint density at radius 1 is 1.38 bits per heavy atom. The summed E-state index contributed by atoms with van der Waals surface area (Å²) in [6, 6.07) is 0.496. The van der Waals surface area contributed by atoms with Crippen molar-refractivity contribution < 1.29 is 0 Å². The van der Waals surface area contributed by atoms with Crippen LogP contribution in [0.15, 0.2) is 6.20 Å². The number of nitrogens with zero attached hydrogens (tertiary/aromatic N) is 2. The SMILES string of the molecule is Cn1ncc(C(C)(C)C)c1C1CCCCN1. The number of hydrogen-bond donors (Lipinski definition) is 1. The van der Waals surface area contributed by atoms with E-state index < -0.39 is 0 Å². The van der Waals surface area contributed by atoms with Gasteiger partial charge in [-0.2, -0.15) is 5.10 Å². The summed E-state index contributed by atoms with van der Waals surface area (Å²) in [5.74, 6) is 0. The quantitative estimate of drug-likeness (QED) is 0.789. The zero-order valence-corrected chi connectivity index (χ0v) is 10.9. The van der Waals surface area contributed by atoms with E-state index in [2.05, 4.69) is 38.2 Å². The van der Waals surface area contributed by atoms with Crippen molar-refractivity contribution in [1.82, 2.24) is 15.1 Å². The van der Waals surface area contributed by atoms with Gasteiger partial charge in [0.15, 0.2) is 0 Å². The molecular formula is C13H23N3. The minimum absolute atomic E-state index is 0.183. The van der Waals surface area contributed by atoms with E-state index in [0.717, 1.165) is 6.54 Å². The van der Waals surface area contributed by atoms with Gasteiger partial charge in [0, 0.05) is 18.7 Å². The van der Waals surface area contributed by atoms with Crippen LogP contribution < -0.4 is 5.32 Å². The second-order valence-corrected chi connectivity index (χ2v) is 5.82. The Balaban J connectivity index is 2.34. The lowest BCUT2D eigenvalue weighted by Gasteiger charge is -2.28. The fourth-order valence-electron chi connectivity index (χ4n) is 2.52. The topological polar surface area (TPSA) is 29.9 Å². The fraction of sp³-hybridized carbons (Fsp3) is 0.769. The average molecular weight is 221 g/mol. The fourth-order valence-corrected chi connectivity index (χ4v) is 2.52. The van der Waals surface area contributed by atoms with E-state index in [4.69, 9.17) is 0 Å². The lowest BCUT2D eigenvalue weighted by molar-refractivity contribution is 0.386. The molecule has 3 nitrogen and oxygen atoms in total. The van der Waals surface area contributed by atoms with Gasteiger partial charge in [0.05, 0.1) is 11.9 Å². The van der Waals surface area contributed by atoms with Gasteiger partial charge in [-0.3, -0.25) is 4.68 Å². The van der Waals surface area contributed by atoms with Crippen LogP contribution in [0.3, 0.4) is 0 Å². The number of aryl methyl sites for hydroxylation is 1. The lowest BCUT2D eigenvalue weighted by atomic mass is 9.84. The normalized spacial score (nSPS) is 22.4. The number of aromatic nitrogens is 2. The number of hydrogen-bond acceptors (Lipinski definition) is 2. The molecule has 0 saturated carbocycles. The highest BCUT2D eigenvalue weighted by Crippen LogP contribution is 2.32. The summed E-state index contributed by atoms with van der Waals surface area (Å²) in [4.78, 5) is 0. The first-order valence-electron chi connectivity index (χ1n) is 6.26. The molecule has 0 radical (unpaired) electrons. The number of rotatable bonds is 1. The first kappa shape index (κ1) is 11.6. The van der Waals surface area contributed by atoms with Crippen molar-refractivity contribution in [2.45, 2.75) is 51.5 Å². The highest BCUT2D eigenvalue weighted by atomic mass is 15.3. The largest absolute Gasteiger partial charge is 0.309 e. The van der Waals surface area contributed by atoms with Crippen molar-refractivity contribution >= 4 is 0 Å². The Labute approximate surface area is 98.2 Å². The summed E-state index contributed by atoms with van der Waals surface area (Å²) in [7, 11) is 2.06. The van der Waals surface area contributed by atoms with Crippen LogP contribution in [0.1, 0.15) is 57.3 Å². The van der Waals surface area contributed by atoms with Crippen LogP contribution in [-0.4, -0.2) is 16.3 Å². The first-order valence-corrected chi connectivity index (χ1v) is 6.26. The number of piperidine rings is 1. The molecule has 2 rings (SSSR count). The molecule has 0 aliphatic carbocycles. The van der Waals surface area contributed by atoms with Crippen LogP contribution in [0.25, 0.3) is 0 Å². The average Bonchev–Trinajstić information content (AvgIpc) is 2.61. The molecule has 1 N–H and O–H groups in total. The van der Waals surface area contributed by atoms with Gasteiger partial charge in [-0.05, 0) is 24.8 Å². The molecule has 1 aromatic heterocycles. The van der Waals surface area contributed by atoms with Crippen molar-refractivity contribution in [3.05, 3.63) is 17.5 Å². The van der Waals surface area contributed by atoms with Crippen molar-refractivity contribution in [2.75, 3.05) is 6.54 Å². The van der Waals surface area contributed by atoms with Gasteiger partial charge in [-0.1, -0.05) is 27.2 Å². The Morgan fingerprint density at radius 2 is 2.12 bits per heavy atom. The zero-order chi connectivity index (χ0) is 11.8. The minimum Gasteiger partial charge on any atom is -0.309 e. The van der Waals surface area contributed by atoms with Gasteiger partial charge in [0.1, 0.15) is 0 Å². The van der Waals surface area contributed by atoms with Crippen LogP contribution in [0.5, 0.6) is 0 Å². The van der Waals surface area contributed by atoms with Crippen molar-refractivity contribution in [2.24, 2.45) is 7.05 Å². The van der Waals surface area contributed by atoms with Crippen molar-refractivity contribution in [3.8, 4) is 0 Å². The molecule has 1 fully saturated rings. The van der Waals surface area contributed by atoms with E-state index in [1.807, 2.05) is 10.9 Å². The molecule has 1 aliphatic heterocycles. The molecule has 90 valence electrons. The van der Waals surface area contributed by atoms with E-state index in [0.29, 0.717) is 6.04 Å². The molecule has 1 aromatic rings. The predicted molar refractivity (Wildman–Crippen MR) is 66.5 cm³/mol. The van der Waals surface area contributed by atoms with Gasteiger partial charge in [0.25, 0.3) is 0 Å². The maximum absolute atomic E-state index is 4.43. The van der Waals surface area contributed by atoms with Crippen LogP contribution in [0.2, 0.25) is 0 Å². The molecule has 0 aromatic carbocycles. The van der Waals surface area contributed by atoms with Crippen molar-refractivity contribution in [1.29, 1.82) is 0 Å². The first-order chi connectivity index (χ1) is 7.50. The summed E-state index contributed by atoms with van der Waals surface area (Å²) in [6.45, 7) is 7.92. The monoisotopic (exact) mass is 221 g/mol. The standard InChI is InChI=1S/C13H23N3/c1-13(2,3)10-9-15-16(4)12(10)11-7-5-6-8-14-11/h9,11,14H,5-8H2,1-4H3. The highest BCUT2D eigenvalue weighted by Gasteiger charge is 2.27. The Morgan fingerprint density at radius 3 is 2.69 bits per heavy atom. The van der Waals surface area contributed by atoms with Gasteiger partial charge < -0.3 is 5.32 Å². The smallest absolute Gasteiger partial charge is 0.0587 e. The van der Waals surface area contributed by atoms with Crippen LogP contribution in [-0.2, 0) is 12.5 Å². The van der Waals surface area contributed by atoms with Crippen LogP contribution >= 0.6 is 0 Å². The van der Waals surface area contributed by atoms with E-state index in [9.17, 15) is 0 Å². The van der Waals surface area contributed by atoms with E-state index in [1.54, 1.807) is 0 Å². The molecular weight excluding hydrogens is 198 g/mol. The second-order valence-electron chi connectivity index (χ2n) is 5.82. The van der Waals surface area contributed by atoms with Gasteiger partial charge in [-0.15, -0.1) is 0 Å². The molecule has 1 atom stereocenters. The van der Waals surface area contributed by atoms with Gasteiger partial charge in [0.2, 0.25) is 0 Å². The molecule has 0 spiro atoms. The molecule has 1 saturated heterocycles. The molecule has 1 unspecified atom stereocenters. The Bertz CT molecular complexity index is 354. The van der Waals surface area contributed by atoms with E-state index in [-0.39, 0.29) is 5.41 Å². The van der Waals surface area contributed by atoms with Gasteiger partial charge >= 0.3 is 0 Å². The third-order valence-corrected chi connectivity index (χ3v) is 3.43. The summed E-state index contributed by atoms with van der Waals surface area (Å²) in [6.07, 6.45) is 5.90. The van der Waals surface area contributed by atoms with E-state index >= 15 is 0 Å². The van der Waals surface area contributed by atoms with Crippen LogP contribution in [0.4, 0.5) is 0 Å². The summed E-state index contributed by atoms with van der Waals surface area (Å²) in [5.41, 5.74) is 2.95. The highest BCUT2D eigenvalue weighted by molar-refractivity contribution is 5.28. The summed E-state index contributed by atoms with van der Waals surface area (Å²) < 4.78 is 2.05. The molecule has 1 aliphatic rings. The van der Waals surface area contributed by atoms with Crippen LogP contribution in [0, 0.1) is 0 Å². The molecule has 16 heavy (non-hydrogen) atoms. The third-order valence-electron chi connectivity index (χ3n) is 3.43. The number of nitrogens with one attached hydrogen (secondary N) is 1. The minimum atomic E-state index is 0.183.